The molecule has 0 spiro atoms. The minimum atomic E-state index is -0.00356. The average molecular weight is 194 g/mol. The van der Waals surface area contributed by atoms with Crippen LogP contribution in [0.2, 0.25) is 0 Å². The first-order valence-corrected chi connectivity index (χ1v) is 5.25. The quantitative estimate of drug-likeness (QED) is 0.634. The summed E-state index contributed by atoms with van der Waals surface area (Å²) in [5.41, 5.74) is 0. The Bertz CT molecular complexity index is 231. The van der Waals surface area contributed by atoms with Crippen molar-refractivity contribution < 1.29 is 4.79 Å². The molecule has 1 aliphatic heterocycles. The van der Waals surface area contributed by atoms with Crippen LogP contribution >= 0.6 is 0 Å². The molecular weight excluding hydrogens is 176 g/mol. The van der Waals surface area contributed by atoms with E-state index in [1.807, 2.05) is 0 Å². The lowest BCUT2D eigenvalue weighted by atomic mass is 10.1. The molecule has 3 nitrogen and oxygen atoms in total. The topological polar surface area (TPSA) is 41.1 Å². The number of carbonyl (C=O) groups excluding carboxylic acids is 1. The molecule has 2 N–H and O–H groups in total. The van der Waals surface area contributed by atoms with Crippen LogP contribution in [0.15, 0.2) is 0 Å². The Kier molecular flexibility index (Phi) is 5.09. The van der Waals surface area contributed by atoms with Gasteiger partial charge in [-0.25, -0.2) is 0 Å². The highest BCUT2D eigenvalue weighted by atomic mass is 16.2. The van der Waals surface area contributed by atoms with E-state index in [-0.39, 0.29) is 11.9 Å². The van der Waals surface area contributed by atoms with Gasteiger partial charge in [0.05, 0.1) is 12.6 Å². The Morgan fingerprint density at radius 2 is 2.36 bits per heavy atom. The third-order valence-electron chi connectivity index (χ3n) is 2.40. The van der Waals surface area contributed by atoms with E-state index in [9.17, 15) is 4.79 Å². The number of carbonyl (C=O) groups is 1. The molecule has 0 aromatic carbocycles. The Balaban J connectivity index is 2.29. The summed E-state index contributed by atoms with van der Waals surface area (Å²) >= 11 is 0. The van der Waals surface area contributed by atoms with Crippen molar-refractivity contribution in [2.75, 3.05) is 13.1 Å². The van der Waals surface area contributed by atoms with E-state index in [1.54, 1.807) is 6.92 Å². The summed E-state index contributed by atoms with van der Waals surface area (Å²) in [5.74, 6) is 5.67. The van der Waals surface area contributed by atoms with E-state index < -0.39 is 0 Å². The summed E-state index contributed by atoms with van der Waals surface area (Å²) in [6.45, 7) is 3.20. The summed E-state index contributed by atoms with van der Waals surface area (Å²) in [5, 5.41) is 6.05. The van der Waals surface area contributed by atoms with Crippen LogP contribution in [0.5, 0.6) is 0 Å². The van der Waals surface area contributed by atoms with Crippen LogP contribution in [0, 0.1) is 11.8 Å². The van der Waals surface area contributed by atoms with Crippen molar-refractivity contribution in [1.82, 2.24) is 10.6 Å². The van der Waals surface area contributed by atoms with Crippen LogP contribution in [0.4, 0.5) is 0 Å². The van der Waals surface area contributed by atoms with Gasteiger partial charge in [0.25, 0.3) is 0 Å². The predicted octanol–water partition coefficient (Wildman–Crippen LogP) is 0.658. The van der Waals surface area contributed by atoms with Gasteiger partial charge in [-0.2, -0.15) is 0 Å². The number of hydrogen-bond donors (Lipinski definition) is 2. The first kappa shape index (κ1) is 11.1. The lowest BCUT2D eigenvalue weighted by molar-refractivity contribution is -0.123. The molecule has 0 aliphatic carbocycles. The van der Waals surface area contributed by atoms with E-state index in [4.69, 9.17) is 0 Å². The molecule has 14 heavy (non-hydrogen) atoms. The van der Waals surface area contributed by atoms with Gasteiger partial charge in [0, 0.05) is 0 Å². The van der Waals surface area contributed by atoms with Crippen LogP contribution in [0.1, 0.15) is 32.6 Å². The normalized spacial score (nSPS) is 21.6. The monoisotopic (exact) mass is 194 g/mol. The van der Waals surface area contributed by atoms with Crippen molar-refractivity contribution in [2.45, 2.75) is 38.6 Å². The summed E-state index contributed by atoms with van der Waals surface area (Å²) in [7, 11) is 0. The molecule has 1 saturated heterocycles. The van der Waals surface area contributed by atoms with Gasteiger partial charge in [-0.05, 0) is 26.3 Å². The van der Waals surface area contributed by atoms with Gasteiger partial charge in [0.1, 0.15) is 0 Å². The second-order valence-electron chi connectivity index (χ2n) is 3.50. The maximum atomic E-state index is 11.6. The van der Waals surface area contributed by atoms with Gasteiger partial charge in [-0.3, -0.25) is 4.79 Å². The Morgan fingerprint density at radius 1 is 1.50 bits per heavy atom. The number of amides is 1. The lowest BCUT2D eigenvalue weighted by Crippen LogP contribution is -2.43. The molecule has 1 rings (SSSR count). The minimum Gasteiger partial charge on any atom is -0.344 e. The molecule has 0 bridgehead atoms. The zero-order valence-corrected chi connectivity index (χ0v) is 8.73. The highest BCUT2D eigenvalue weighted by molar-refractivity contribution is 5.81. The van der Waals surface area contributed by atoms with Crippen LogP contribution < -0.4 is 10.6 Å². The highest BCUT2D eigenvalue weighted by Crippen LogP contribution is 2.07. The molecule has 78 valence electrons. The number of rotatable bonds is 2. The van der Waals surface area contributed by atoms with Crippen LogP contribution in [-0.4, -0.2) is 25.0 Å². The first-order valence-electron chi connectivity index (χ1n) is 5.25. The van der Waals surface area contributed by atoms with Crippen molar-refractivity contribution >= 4 is 5.91 Å². The Morgan fingerprint density at radius 3 is 3.14 bits per heavy atom. The molecule has 1 amide bonds. The largest absolute Gasteiger partial charge is 0.344 e. The molecule has 0 radical (unpaired) electrons. The minimum absolute atomic E-state index is 0.00356. The fourth-order valence-corrected chi connectivity index (χ4v) is 1.60. The molecule has 1 unspecified atom stereocenters. The van der Waals surface area contributed by atoms with E-state index in [1.165, 1.54) is 12.8 Å². The summed E-state index contributed by atoms with van der Waals surface area (Å²) in [4.78, 5) is 11.6. The second-order valence-corrected chi connectivity index (χ2v) is 3.50. The van der Waals surface area contributed by atoms with Crippen LogP contribution in [0.3, 0.4) is 0 Å². The smallest absolute Gasteiger partial charge is 0.237 e. The maximum absolute atomic E-state index is 11.6. The molecule has 1 atom stereocenters. The van der Waals surface area contributed by atoms with Gasteiger partial charge in [0.2, 0.25) is 5.91 Å². The molecule has 0 aromatic rings. The lowest BCUT2D eigenvalue weighted by Gasteiger charge is -2.14. The third kappa shape index (κ3) is 3.80. The second kappa shape index (κ2) is 6.44. The molecule has 0 aromatic heterocycles. The van der Waals surface area contributed by atoms with Gasteiger partial charge in [0.15, 0.2) is 0 Å². The van der Waals surface area contributed by atoms with Gasteiger partial charge >= 0.3 is 0 Å². The van der Waals surface area contributed by atoms with Crippen molar-refractivity contribution in [2.24, 2.45) is 0 Å². The summed E-state index contributed by atoms with van der Waals surface area (Å²) in [6, 6.07) is -0.00356. The SMILES string of the molecule is CC#CCNC(=O)C1CCCCCN1. The molecule has 3 heteroatoms. The molecule has 0 saturated carbocycles. The summed E-state index contributed by atoms with van der Waals surface area (Å²) < 4.78 is 0. The first-order chi connectivity index (χ1) is 6.84. The molecule has 1 aliphatic rings. The predicted molar refractivity (Wildman–Crippen MR) is 56.7 cm³/mol. The zero-order chi connectivity index (χ0) is 10.2. The zero-order valence-electron chi connectivity index (χ0n) is 8.73. The molecule has 1 fully saturated rings. The summed E-state index contributed by atoms with van der Waals surface area (Å²) in [6.07, 6.45) is 4.50. The van der Waals surface area contributed by atoms with Gasteiger partial charge in [-0.15, -0.1) is 5.92 Å². The van der Waals surface area contributed by atoms with Crippen molar-refractivity contribution in [1.29, 1.82) is 0 Å². The Labute approximate surface area is 85.6 Å². The Hall–Kier alpha value is -1.01. The van der Waals surface area contributed by atoms with E-state index in [2.05, 4.69) is 22.5 Å². The third-order valence-corrected chi connectivity index (χ3v) is 2.40. The van der Waals surface area contributed by atoms with Gasteiger partial charge < -0.3 is 10.6 Å². The molecule has 1 heterocycles. The van der Waals surface area contributed by atoms with E-state index in [0.717, 1.165) is 19.4 Å². The molecular formula is C11H18N2O. The van der Waals surface area contributed by atoms with Crippen LogP contribution in [-0.2, 0) is 4.79 Å². The van der Waals surface area contributed by atoms with Gasteiger partial charge in [-0.1, -0.05) is 18.8 Å². The average Bonchev–Trinajstić information content (AvgIpc) is 2.46. The van der Waals surface area contributed by atoms with E-state index >= 15 is 0 Å². The van der Waals surface area contributed by atoms with Crippen molar-refractivity contribution in [3.8, 4) is 11.8 Å². The van der Waals surface area contributed by atoms with Crippen molar-refractivity contribution in [3.63, 3.8) is 0 Å². The van der Waals surface area contributed by atoms with E-state index in [0.29, 0.717) is 6.54 Å². The number of hydrogen-bond acceptors (Lipinski definition) is 2. The fraction of sp³-hybridized carbons (Fsp3) is 0.727. The van der Waals surface area contributed by atoms with Crippen molar-refractivity contribution in [3.05, 3.63) is 0 Å². The maximum Gasteiger partial charge on any atom is 0.237 e. The standard InChI is InChI=1S/C11H18N2O/c1-2-3-8-13-11(14)10-7-5-4-6-9-12-10/h10,12H,4-9H2,1H3,(H,13,14). The highest BCUT2D eigenvalue weighted by Gasteiger charge is 2.18. The van der Waals surface area contributed by atoms with Crippen LogP contribution in [0.25, 0.3) is 0 Å². The fourth-order valence-electron chi connectivity index (χ4n) is 1.60. The number of nitrogens with one attached hydrogen (secondary N) is 2.